The Morgan fingerprint density at radius 2 is 1.80 bits per heavy atom. The fraction of sp³-hybridized carbons (Fsp3) is 0.400. The summed E-state index contributed by atoms with van der Waals surface area (Å²) >= 11 is 1.61. The second kappa shape index (κ2) is 8.83. The van der Waals surface area contributed by atoms with E-state index < -0.39 is 12.4 Å². The van der Waals surface area contributed by atoms with Crippen molar-refractivity contribution in [1.29, 1.82) is 0 Å². The van der Waals surface area contributed by atoms with Crippen LogP contribution in [0.3, 0.4) is 0 Å². The molecule has 0 spiro atoms. The molecule has 1 N–H and O–H groups in total. The fourth-order valence-electron chi connectivity index (χ4n) is 2.82. The molecule has 4 atom stereocenters. The van der Waals surface area contributed by atoms with Crippen LogP contribution in [0.5, 0.6) is 0 Å². The molecule has 0 saturated carbocycles. The highest BCUT2D eigenvalue weighted by Gasteiger charge is 2.44. The highest BCUT2D eigenvalue weighted by Crippen LogP contribution is 2.36. The lowest BCUT2D eigenvalue weighted by Gasteiger charge is -2.19. The van der Waals surface area contributed by atoms with Gasteiger partial charge in [-0.05, 0) is 24.6 Å². The quantitative estimate of drug-likeness (QED) is 0.820. The standard InChI is InChI=1S/C20H24O4S/c1-14-8-10-16(11-9-14)25-19-17(24-20(22-2)18(19)21)13-23-12-15-6-4-3-5-7-15/h3-11,17-21H,12-13H2,1-2H3/t17-,18-,19-,20+/m1/s1. The molecule has 0 radical (unpaired) electrons. The van der Waals surface area contributed by atoms with E-state index in [0.717, 1.165) is 10.5 Å². The Kier molecular flexibility index (Phi) is 6.51. The molecule has 1 saturated heterocycles. The summed E-state index contributed by atoms with van der Waals surface area (Å²) in [5, 5.41) is 10.4. The SMILES string of the molecule is CO[C@H]1O[C@H](COCc2ccccc2)[C@@H](Sc2ccc(C)cc2)[C@H]1O. The lowest BCUT2D eigenvalue weighted by atomic mass is 10.2. The third-order valence-corrected chi connectivity index (χ3v) is 5.61. The maximum atomic E-state index is 10.5. The van der Waals surface area contributed by atoms with Crippen LogP contribution in [-0.4, -0.2) is 42.6 Å². The Morgan fingerprint density at radius 1 is 1.08 bits per heavy atom. The van der Waals surface area contributed by atoms with Crippen molar-refractivity contribution in [2.24, 2.45) is 0 Å². The maximum Gasteiger partial charge on any atom is 0.184 e. The lowest BCUT2D eigenvalue weighted by Crippen LogP contribution is -2.32. The van der Waals surface area contributed by atoms with Gasteiger partial charge in [0.2, 0.25) is 0 Å². The van der Waals surface area contributed by atoms with E-state index in [1.165, 1.54) is 5.56 Å². The number of thioether (sulfide) groups is 1. The van der Waals surface area contributed by atoms with Gasteiger partial charge in [0.15, 0.2) is 6.29 Å². The second-order valence-corrected chi connectivity index (χ2v) is 7.42. The Labute approximate surface area is 153 Å². The average molecular weight is 360 g/mol. The largest absolute Gasteiger partial charge is 0.387 e. The van der Waals surface area contributed by atoms with Crippen molar-refractivity contribution in [3.63, 3.8) is 0 Å². The predicted molar refractivity (Wildman–Crippen MR) is 98.6 cm³/mol. The van der Waals surface area contributed by atoms with E-state index in [-0.39, 0.29) is 11.4 Å². The van der Waals surface area contributed by atoms with E-state index >= 15 is 0 Å². The van der Waals surface area contributed by atoms with Gasteiger partial charge in [-0.1, -0.05) is 48.0 Å². The molecule has 2 aromatic rings. The summed E-state index contributed by atoms with van der Waals surface area (Å²) in [6, 6.07) is 18.3. The summed E-state index contributed by atoms with van der Waals surface area (Å²) in [5.74, 6) is 0. The summed E-state index contributed by atoms with van der Waals surface area (Å²) < 4.78 is 16.9. The number of ether oxygens (including phenoxy) is 3. The summed E-state index contributed by atoms with van der Waals surface area (Å²) in [6.07, 6.45) is -1.54. The Bertz CT molecular complexity index is 647. The molecule has 1 aliphatic heterocycles. The van der Waals surface area contributed by atoms with Crippen molar-refractivity contribution in [3.05, 3.63) is 65.7 Å². The van der Waals surface area contributed by atoms with Crippen LogP contribution < -0.4 is 0 Å². The molecule has 0 aromatic heterocycles. The number of benzene rings is 2. The first-order chi connectivity index (χ1) is 12.2. The highest BCUT2D eigenvalue weighted by atomic mass is 32.2. The summed E-state index contributed by atoms with van der Waals surface area (Å²) in [7, 11) is 1.55. The van der Waals surface area contributed by atoms with Crippen LogP contribution in [0.4, 0.5) is 0 Å². The number of methoxy groups -OCH3 is 1. The molecule has 0 aliphatic carbocycles. The zero-order valence-electron chi connectivity index (χ0n) is 14.5. The fourth-order valence-corrected chi connectivity index (χ4v) is 3.99. The summed E-state index contributed by atoms with van der Waals surface area (Å²) in [5.41, 5.74) is 2.33. The zero-order valence-corrected chi connectivity index (χ0v) is 15.3. The van der Waals surface area contributed by atoms with Gasteiger partial charge in [-0.15, -0.1) is 11.8 Å². The molecule has 0 unspecified atom stereocenters. The predicted octanol–water partition coefficient (Wildman–Crippen LogP) is 3.40. The molecule has 1 heterocycles. The molecule has 5 heteroatoms. The van der Waals surface area contributed by atoms with Gasteiger partial charge in [-0.25, -0.2) is 0 Å². The van der Waals surface area contributed by atoms with Gasteiger partial charge < -0.3 is 19.3 Å². The minimum absolute atomic E-state index is 0.136. The zero-order chi connectivity index (χ0) is 17.6. The van der Waals surface area contributed by atoms with E-state index in [1.807, 2.05) is 30.3 Å². The molecule has 2 aromatic carbocycles. The first-order valence-electron chi connectivity index (χ1n) is 8.38. The van der Waals surface area contributed by atoms with Gasteiger partial charge >= 0.3 is 0 Å². The van der Waals surface area contributed by atoms with Crippen molar-refractivity contribution in [2.75, 3.05) is 13.7 Å². The van der Waals surface area contributed by atoms with Crippen molar-refractivity contribution in [1.82, 2.24) is 0 Å². The van der Waals surface area contributed by atoms with E-state index in [4.69, 9.17) is 14.2 Å². The number of aliphatic hydroxyl groups is 1. The molecular formula is C20H24O4S. The van der Waals surface area contributed by atoms with Gasteiger partial charge in [-0.2, -0.15) is 0 Å². The molecule has 1 aliphatic rings. The van der Waals surface area contributed by atoms with Crippen LogP contribution in [0.25, 0.3) is 0 Å². The van der Waals surface area contributed by atoms with Crippen molar-refractivity contribution >= 4 is 11.8 Å². The molecule has 4 nitrogen and oxygen atoms in total. The van der Waals surface area contributed by atoms with E-state index in [0.29, 0.717) is 13.2 Å². The van der Waals surface area contributed by atoms with Crippen LogP contribution in [0.15, 0.2) is 59.5 Å². The molecule has 3 rings (SSSR count). The highest BCUT2D eigenvalue weighted by molar-refractivity contribution is 8.00. The average Bonchev–Trinajstić information content (AvgIpc) is 2.93. The minimum Gasteiger partial charge on any atom is -0.387 e. The van der Waals surface area contributed by atoms with Gasteiger partial charge in [-0.3, -0.25) is 0 Å². The number of rotatable bonds is 7. The van der Waals surface area contributed by atoms with E-state index in [2.05, 4.69) is 31.2 Å². The molecule has 25 heavy (non-hydrogen) atoms. The van der Waals surface area contributed by atoms with Gasteiger partial charge in [0.1, 0.15) is 6.10 Å². The van der Waals surface area contributed by atoms with Crippen LogP contribution in [0.1, 0.15) is 11.1 Å². The third kappa shape index (κ3) is 4.84. The molecule has 134 valence electrons. The Hall–Kier alpha value is -1.37. The monoisotopic (exact) mass is 360 g/mol. The maximum absolute atomic E-state index is 10.5. The van der Waals surface area contributed by atoms with Crippen LogP contribution in [0, 0.1) is 6.92 Å². The lowest BCUT2D eigenvalue weighted by molar-refractivity contribution is -0.156. The Balaban J connectivity index is 1.61. The van der Waals surface area contributed by atoms with Crippen molar-refractivity contribution in [2.45, 2.75) is 42.2 Å². The van der Waals surface area contributed by atoms with Crippen molar-refractivity contribution < 1.29 is 19.3 Å². The number of hydrogen-bond donors (Lipinski definition) is 1. The first kappa shape index (κ1) is 18.4. The number of aliphatic hydroxyl groups excluding tert-OH is 1. The molecule has 0 amide bonds. The topological polar surface area (TPSA) is 47.9 Å². The van der Waals surface area contributed by atoms with Gasteiger partial charge in [0.25, 0.3) is 0 Å². The van der Waals surface area contributed by atoms with Crippen LogP contribution in [0.2, 0.25) is 0 Å². The van der Waals surface area contributed by atoms with Gasteiger partial charge in [0, 0.05) is 12.0 Å². The summed E-state index contributed by atoms with van der Waals surface area (Å²) in [6.45, 7) is 2.99. The summed E-state index contributed by atoms with van der Waals surface area (Å²) in [4.78, 5) is 1.10. The molecule has 0 bridgehead atoms. The van der Waals surface area contributed by atoms with Crippen LogP contribution >= 0.6 is 11.8 Å². The van der Waals surface area contributed by atoms with Gasteiger partial charge in [0.05, 0.1) is 24.6 Å². The minimum atomic E-state index is -0.693. The normalized spacial score (nSPS) is 26.0. The first-order valence-corrected chi connectivity index (χ1v) is 9.26. The van der Waals surface area contributed by atoms with E-state index in [9.17, 15) is 5.11 Å². The third-order valence-electron chi connectivity index (χ3n) is 4.21. The smallest absolute Gasteiger partial charge is 0.184 e. The van der Waals surface area contributed by atoms with Crippen molar-refractivity contribution in [3.8, 4) is 0 Å². The Morgan fingerprint density at radius 3 is 2.48 bits per heavy atom. The van der Waals surface area contributed by atoms with E-state index in [1.54, 1.807) is 18.9 Å². The number of aryl methyl sites for hydroxylation is 1. The molecular weight excluding hydrogens is 336 g/mol. The molecule has 1 fully saturated rings. The van der Waals surface area contributed by atoms with Crippen LogP contribution in [-0.2, 0) is 20.8 Å². The second-order valence-electron chi connectivity index (χ2n) is 6.17. The number of hydrogen-bond acceptors (Lipinski definition) is 5.